The molecule has 0 spiro atoms. The summed E-state index contributed by atoms with van der Waals surface area (Å²) in [5.41, 5.74) is -0.0597. The Labute approximate surface area is 235 Å². The minimum atomic E-state index is -0.865. The average molecular weight is 550 g/mol. The molecule has 0 atom stereocenters. The number of anilines is 1. The molecule has 1 aliphatic rings. The van der Waals surface area contributed by atoms with Crippen LogP contribution in [0.4, 0.5) is 10.6 Å². The van der Waals surface area contributed by atoms with Gasteiger partial charge in [-0.25, -0.2) is 4.79 Å². The van der Waals surface area contributed by atoms with Crippen molar-refractivity contribution >= 4 is 34.3 Å². The van der Waals surface area contributed by atoms with Crippen LogP contribution in [-0.4, -0.2) is 77.4 Å². The van der Waals surface area contributed by atoms with Crippen molar-refractivity contribution in [3.8, 4) is 5.75 Å². The number of aromatic nitrogens is 2. The highest BCUT2D eigenvalue weighted by Crippen LogP contribution is 2.30. The molecule has 0 aliphatic carbocycles. The first kappa shape index (κ1) is 29.2. The van der Waals surface area contributed by atoms with Crippen molar-refractivity contribution < 1.29 is 23.9 Å². The molecule has 2 amide bonds. The molecule has 0 unspecified atom stereocenters. The van der Waals surface area contributed by atoms with Gasteiger partial charge in [-0.05, 0) is 38.3 Å². The number of hydrogen-bond acceptors (Lipinski definition) is 7. The van der Waals surface area contributed by atoms with E-state index in [-0.39, 0.29) is 16.8 Å². The van der Waals surface area contributed by atoms with Crippen LogP contribution in [0.1, 0.15) is 57.6 Å². The lowest BCUT2D eigenvalue weighted by Crippen LogP contribution is -2.44. The van der Waals surface area contributed by atoms with Crippen LogP contribution in [0.25, 0.3) is 10.8 Å². The smallest absolute Gasteiger partial charge is 0.344 e. The molecule has 2 heterocycles. The van der Waals surface area contributed by atoms with E-state index in [0.29, 0.717) is 23.4 Å². The molecule has 1 fully saturated rings. The largest absolute Gasteiger partial charge is 0.492 e. The average Bonchev–Trinajstić information content (AvgIpc) is 3.33. The highest BCUT2D eigenvalue weighted by Gasteiger charge is 2.27. The number of fused-ring (bicyclic) bond motifs is 1. The topological polar surface area (TPSA) is 115 Å². The molecule has 10 nitrogen and oxygen atoms in total. The van der Waals surface area contributed by atoms with E-state index in [2.05, 4.69) is 20.6 Å². The molecule has 2 aromatic carbocycles. The SMILES string of the molecule is CC(C)(C)NC(=O)n1nc(C(C)(C)C)cc1NC(=O)C(=O)c1ccc(OCCN2CCOCC2)c2ccccc12. The van der Waals surface area contributed by atoms with Gasteiger partial charge in [-0.2, -0.15) is 9.78 Å². The molecular formula is C30H39N5O5. The number of nitrogens with one attached hydrogen (secondary N) is 2. The molecule has 0 saturated carbocycles. The molecule has 0 bridgehead atoms. The Hall–Kier alpha value is -3.76. The van der Waals surface area contributed by atoms with Gasteiger partial charge in [0.1, 0.15) is 18.2 Å². The Morgan fingerprint density at radius 2 is 1.65 bits per heavy atom. The third-order valence-electron chi connectivity index (χ3n) is 6.50. The summed E-state index contributed by atoms with van der Waals surface area (Å²) in [6, 6.07) is 11.8. The number of amides is 2. The molecule has 1 aromatic heterocycles. The van der Waals surface area contributed by atoms with Gasteiger partial charge >= 0.3 is 6.03 Å². The van der Waals surface area contributed by atoms with E-state index in [9.17, 15) is 14.4 Å². The Bertz CT molecular complexity index is 1390. The van der Waals surface area contributed by atoms with E-state index >= 15 is 0 Å². The van der Waals surface area contributed by atoms with Gasteiger partial charge < -0.3 is 20.1 Å². The Kier molecular flexibility index (Phi) is 8.60. The number of carbonyl (C=O) groups excluding carboxylic acids is 3. The van der Waals surface area contributed by atoms with Gasteiger partial charge in [0.05, 0.1) is 18.9 Å². The lowest BCUT2D eigenvalue weighted by molar-refractivity contribution is -0.112. The molecule has 3 aromatic rings. The lowest BCUT2D eigenvalue weighted by Gasteiger charge is -2.26. The van der Waals surface area contributed by atoms with Gasteiger partial charge in [0.2, 0.25) is 0 Å². The molecule has 2 N–H and O–H groups in total. The Morgan fingerprint density at radius 1 is 0.975 bits per heavy atom. The second-order valence-electron chi connectivity index (χ2n) is 12.0. The number of morpholine rings is 1. The summed E-state index contributed by atoms with van der Waals surface area (Å²) in [6.45, 7) is 15.9. The van der Waals surface area contributed by atoms with Crippen molar-refractivity contribution in [2.24, 2.45) is 0 Å². The fraction of sp³-hybridized carbons (Fsp3) is 0.467. The van der Waals surface area contributed by atoms with Crippen molar-refractivity contribution in [3.05, 3.63) is 53.7 Å². The summed E-state index contributed by atoms with van der Waals surface area (Å²) < 4.78 is 12.6. The monoisotopic (exact) mass is 549 g/mol. The minimum absolute atomic E-state index is 0.123. The van der Waals surface area contributed by atoms with Gasteiger partial charge in [0.25, 0.3) is 11.7 Å². The third-order valence-corrected chi connectivity index (χ3v) is 6.50. The maximum Gasteiger partial charge on any atom is 0.344 e. The van der Waals surface area contributed by atoms with Crippen molar-refractivity contribution in [2.45, 2.75) is 52.5 Å². The number of nitrogens with zero attached hydrogens (tertiary/aromatic N) is 3. The zero-order valence-corrected chi connectivity index (χ0v) is 24.2. The second-order valence-corrected chi connectivity index (χ2v) is 12.0. The fourth-order valence-corrected chi connectivity index (χ4v) is 4.37. The standard InChI is InChI=1S/C30H39N5O5/c1-29(2,3)24-19-25(35(33-24)28(38)32-30(4,5)6)31-27(37)26(36)22-11-12-23(21-10-8-7-9-20(21)22)40-18-15-34-13-16-39-17-14-34/h7-12,19H,13-18H2,1-6H3,(H,31,37)(H,32,38). The number of hydrogen-bond donors (Lipinski definition) is 2. The van der Waals surface area contributed by atoms with Gasteiger partial charge in [-0.3, -0.25) is 14.5 Å². The molecule has 4 rings (SSSR count). The van der Waals surface area contributed by atoms with Crippen molar-refractivity contribution in [1.29, 1.82) is 0 Å². The van der Waals surface area contributed by atoms with Gasteiger partial charge in [-0.1, -0.05) is 45.0 Å². The van der Waals surface area contributed by atoms with Crippen LogP contribution in [0.5, 0.6) is 5.75 Å². The molecular weight excluding hydrogens is 510 g/mol. The fourth-order valence-electron chi connectivity index (χ4n) is 4.37. The molecule has 1 aliphatic heterocycles. The van der Waals surface area contributed by atoms with Crippen molar-refractivity contribution in [3.63, 3.8) is 0 Å². The first-order valence-electron chi connectivity index (χ1n) is 13.6. The van der Waals surface area contributed by atoms with Crippen LogP contribution in [0, 0.1) is 0 Å². The van der Waals surface area contributed by atoms with Crippen LogP contribution in [-0.2, 0) is 14.9 Å². The predicted octanol–water partition coefficient (Wildman–Crippen LogP) is 4.22. The zero-order chi connectivity index (χ0) is 29.1. The van der Waals surface area contributed by atoms with E-state index in [1.807, 2.05) is 59.7 Å². The molecule has 214 valence electrons. The highest BCUT2D eigenvalue weighted by molar-refractivity contribution is 6.48. The molecule has 0 radical (unpaired) electrons. The predicted molar refractivity (Wildman–Crippen MR) is 154 cm³/mol. The number of rotatable bonds is 7. The Balaban J connectivity index is 1.55. The first-order valence-corrected chi connectivity index (χ1v) is 13.6. The molecule has 1 saturated heterocycles. The van der Waals surface area contributed by atoms with E-state index in [1.54, 1.807) is 24.3 Å². The lowest BCUT2D eigenvalue weighted by atomic mass is 9.92. The van der Waals surface area contributed by atoms with E-state index in [1.165, 1.54) is 0 Å². The van der Waals surface area contributed by atoms with E-state index in [4.69, 9.17) is 9.47 Å². The zero-order valence-electron chi connectivity index (χ0n) is 24.2. The van der Waals surface area contributed by atoms with Gasteiger partial charge in [0.15, 0.2) is 0 Å². The maximum absolute atomic E-state index is 13.4. The molecule has 40 heavy (non-hydrogen) atoms. The van der Waals surface area contributed by atoms with Crippen LogP contribution in [0.2, 0.25) is 0 Å². The first-order chi connectivity index (χ1) is 18.8. The second kappa shape index (κ2) is 11.8. The summed E-state index contributed by atoms with van der Waals surface area (Å²) in [6.07, 6.45) is 0. The quantitative estimate of drug-likeness (QED) is 0.335. The number of ketones is 1. The number of Topliss-reactive ketones (excluding diaryl/α,β-unsaturated/α-hetero) is 1. The van der Waals surface area contributed by atoms with Crippen LogP contribution in [0.3, 0.4) is 0 Å². The summed E-state index contributed by atoms with van der Waals surface area (Å²) >= 11 is 0. The van der Waals surface area contributed by atoms with Crippen molar-refractivity contribution in [2.75, 3.05) is 44.8 Å². The van der Waals surface area contributed by atoms with Gasteiger partial charge in [0, 0.05) is 47.6 Å². The van der Waals surface area contributed by atoms with Crippen LogP contribution < -0.4 is 15.4 Å². The third kappa shape index (κ3) is 7.05. The van der Waals surface area contributed by atoms with Crippen LogP contribution in [0.15, 0.2) is 42.5 Å². The number of carbonyl (C=O) groups is 3. The highest BCUT2D eigenvalue weighted by atomic mass is 16.5. The Morgan fingerprint density at radius 3 is 2.30 bits per heavy atom. The maximum atomic E-state index is 13.4. The normalized spacial score (nSPS) is 14.7. The summed E-state index contributed by atoms with van der Waals surface area (Å²) in [5.74, 6) is -0.821. The van der Waals surface area contributed by atoms with E-state index in [0.717, 1.165) is 42.9 Å². The van der Waals surface area contributed by atoms with Crippen molar-refractivity contribution in [1.82, 2.24) is 20.0 Å². The molecule has 10 heteroatoms. The number of ether oxygens (including phenoxy) is 2. The number of benzene rings is 2. The van der Waals surface area contributed by atoms with E-state index < -0.39 is 23.3 Å². The summed E-state index contributed by atoms with van der Waals surface area (Å²) in [5, 5.41) is 11.2. The van der Waals surface area contributed by atoms with Crippen LogP contribution >= 0.6 is 0 Å². The van der Waals surface area contributed by atoms with Gasteiger partial charge in [-0.15, -0.1) is 0 Å². The summed E-state index contributed by atoms with van der Waals surface area (Å²) in [7, 11) is 0. The summed E-state index contributed by atoms with van der Waals surface area (Å²) in [4.78, 5) is 41.9. The minimum Gasteiger partial charge on any atom is -0.492 e.